The van der Waals surface area contributed by atoms with Crippen LogP contribution in [0.3, 0.4) is 0 Å². The van der Waals surface area contributed by atoms with Gasteiger partial charge in [-0.15, -0.1) is 0 Å². The van der Waals surface area contributed by atoms with Gasteiger partial charge in [0, 0.05) is 22.3 Å². The van der Waals surface area contributed by atoms with Crippen molar-refractivity contribution in [1.29, 1.82) is 0 Å². The van der Waals surface area contributed by atoms with E-state index in [0.29, 0.717) is 0 Å². The van der Waals surface area contributed by atoms with E-state index in [0.717, 1.165) is 17.4 Å². The number of halogens is 1. The molecule has 0 saturated heterocycles. The van der Waals surface area contributed by atoms with Gasteiger partial charge in [-0.3, -0.25) is 0 Å². The van der Waals surface area contributed by atoms with Crippen LogP contribution in [0.15, 0.2) is 46.9 Å². The fourth-order valence-electron chi connectivity index (χ4n) is 2.24. The van der Waals surface area contributed by atoms with E-state index in [9.17, 15) is 0 Å². The summed E-state index contributed by atoms with van der Waals surface area (Å²) in [5.74, 6) is 0. The lowest BCUT2D eigenvalue weighted by atomic mass is 10.0. The van der Waals surface area contributed by atoms with Crippen molar-refractivity contribution in [3.63, 3.8) is 0 Å². The Morgan fingerprint density at radius 2 is 1.75 bits per heavy atom. The molecule has 1 N–H and O–H groups in total. The molecule has 80 valence electrons. The topological polar surface area (TPSA) is 12.0 Å². The first-order valence-electron chi connectivity index (χ1n) is 5.47. The van der Waals surface area contributed by atoms with Crippen molar-refractivity contribution < 1.29 is 0 Å². The molecule has 0 aromatic heterocycles. The molecule has 1 aliphatic heterocycles. The van der Waals surface area contributed by atoms with Crippen LogP contribution in [0.5, 0.6) is 0 Å². The van der Waals surface area contributed by atoms with Crippen molar-refractivity contribution in [3.8, 4) is 11.1 Å². The van der Waals surface area contributed by atoms with Gasteiger partial charge in [0.1, 0.15) is 0 Å². The zero-order valence-electron chi connectivity index (χ0n) is 8.83. The first-order valence-corrected chi connectivity index (χ1v) is 6.26. The maximum atomic E-state index is 3.61. The number of fused-ring (bicyclic) bond motifs is 1. The third-order valence-corrected chi connectivity index (χ3v) is 3.70. The van der Waals surface area contributed by atoms with Crippen molar-refractivity contribution in [2.75, 3.05) is 11.9 Å². The molecular formula is C14H12BrN. The van der Waals surface area contributed by atoms with Crippen molar-refractivity contribution in [2.24, 2.45) is 0 Å². The smallest absolute Gasteiger partial charge is 0.0453 e. The second-order valence-electron chi connectivity index (χ2n) is 4.00. The van der Waals surface area contributed by atoms with Crippen LogP contribution in [-0.2, 0) is 6.42 Å². The Labute approximate surface area is 104 Å². The lowest BCUT2D eigenvalue weighted by Crippen LogP contribution is -1.93. The summed E-state index contributed by atoms with van der Waals surface area (Å²) >= 11 is 3.61. The molecule has 0 fully saturated rings. The Balaban J connectivity index is 2.21. The summed E-state index contributed by atoms with van der Waals surface area (Å²) in [5.41, 5.74) is 5.28. The predicted octanol–water partition coefficient (Wildman–Crippen LogP) is 4.08. The Bertz CT molecular complexity index is 534. The molecule has 2 aromatic carbocycles. The molecule has 0 saturated carbocycles. The van der Waals surface area contributed by atoms with Gasteiger partial charge in [-0.05, 0) is 23.6 Å². The highest BCUT2D eigenvalue weighted by atomic mass is 79.9. The minimum Gasteiger partial charge on any atom is -0.384 e. The van der Waals surface area contributed by atoms with Gasteiger partial charge in [-0.1, -0.05) is 52.3 Å². The average Bonchev–Trinajstić information content (AvgIpc) is 2.77. The van der Waals surface area contributed by atoms with Crippen molar-refractivity contribution in [2.45, 2.75) is 6.42 Å². The Kier molecular flexibility index (Phi) is 2.44. The molecule has 1 nitrogen and oxygen atoms in total. The fraction of sp³-hybridized carbons (Fsp3) is 0.143. The van der Waals surface area contributed by atoms with Crippen molar-refractivity contribution in [3.05, 3.63) is 52.5 Å². The highest BCUT2D eigenvalue weighted by Crippen LogP contribution is 2.37. The third-order valence-electron chi connectivity index (χ3n) is 3.01. The maximum absolute atomic E-state index is 3.61. The van der Waals surface area contributed by atoms with E-state index in [1.54, 1.807) is 0 Å². The summed E-state index contributed by atoms with van der Waals surface area (Å²) < 4.78 is 1.15. The number of rotatable bonds is 1. The van der Waals surface area contributed by atoms with Crippen LogP contribution in [0.25, 0.3) is 11.1 Å². The number of para-hydroxylation sites is 1. The Morgan fingerprint density at radius 3 is 2.62 bits per heavy atom. The second-order valence-corrected chi connectivity index (χ2v) is 4.85. The summed E-state index contributed by atoms with van der Waals surface area (Å²) in [6.45, 7) is 1.05. The molecule has 2 heteroatoms. The van der Waals surface area contributed by atoms with Gasteiger partial charge in [0.25, 0.3) is 0 Å². The third kappa shape index (κ3) is 1.54. The van der Waals surface area contributed by atoms with Crippen molar-refractivity contribution in [1.82, 2.24) is 0 Å². The van der Waals surface area contributed by atoms with E-state index < -0.39 is 0 Å². The molecule has 0 radical (unpaired) electrons. The number of hydrogen-bond donors (Lipinski definition) is 1. The normalized spacial score (nSPS) is 13.3. The lowest BCUT2D eigenvalue weighted by molar-refractivity contribution is 1.11. The van der Waals surface area contributed by atoms with Gasteiger partial charge in [0.2, 0.25) is 0 Å². The van der Waals surface area contributed by atoms with Crippen LogP contribution < -0.4 is 5.32 Å². The number of benzene rings is 2. The van der Waals surface area contributed by atoms with E-state index in [1.165, 1.54) is 22.4 Å². The van der Waals surface area contributed by atoms with E-state index in [2.05, 4.69) is 57.6 Å². The van der Waals surface area contributed by atoms with E-state index in [1.807, 2.05) is 6.07 Å². The predicted molar refractivity (Wildman–Crippen MR) is 71.8 cm³/mol. The number of anilines is 1. The molecule has 3 rings (SSSR count). The molecule has 16 heavy (non-hydrogen) atoms. The van der Waals surface area contributed by atoms with E-state index in [4.69, 9.17) is 0 Å². The number of nitrogens with one attached hydrogen (secondary N) is 1. The average molecular weight is 274 g/mol. The second kappa shape index (κ2) is 3.95. The van der Waals surface area contributed by atoms with Gasteiger partial charge in [0.15, 0.2) is 0 Å². The van der Waals surface area contributed by atoms with Crippen LogP contribution in [0.4, 0.5) is 5.69 Å². The molecule has 1 heterocycles. The van der Waals surface area contributed by atoms with Crippen LogP contribution in [0, 0.1) is 0 Å². The summed E-state index contributed by atoms with van der Waals surface area (Å²) in [4.78, 5) is 0. The largest absolute Gasteiger partial charge is 0.384 e. The van der Waals surface area contributed by atoms with Crippen molar-refractivity contribution >= 4 is 21.6 Å². The van der Waals surface area contributed by atoms with E-state index in [-0.39, 0.29) is 0 Å². The first kappa shape index (κ1) is 9.91. The zero-order valence-corrected chi connectivity index (χ0v) is 10.4. The van der Waals surface area contributed by atoms with Crippen LogP contribution in [0.1, 0.15) is 5.56 Å². The summed E-state index contributed by atoms with van der Waals surface area (Å²) in [7, 11) is 0. The molecule has 2 aromatic rings. The van der Waals surface area contributed by atoms with Crippen LogP contribution in [-0.4, -0.2) is 6.54 Å². The molecule has 0 bridgehead atoms. The van der Waals surface area contributed by atoms with E-state index >= 15 is 0 Å². The monoisotopic (exact) mass is 273 g/mol. The lowest BCUT2D eigenvalue weighted by Gasteiger charge is -2.10. The van der Waals surface area contributed by atoms with Gasteiger partial charge in [-0.25, -0.2) is 0 Å². The molecule has 0 amide bonds. The van der Waals surface area contributed by atoms with Crippen LogP contribution >= 0.6 is 15.9 Å². The Morgan fingerprint density at radius 1 is 0.938 bits per heavy atom. The quantitative estimate of drug-likeness (QED) is 0.826. The molecule has 1 aliphatic rings. The summed E-state index contributed by atoms with van der Waals surface area (Å²) in [5, 5.41) is 3.47. The molecular weight excluding hydrogens is 262 g/mol. The number of hydrogen-bond acceptors (Lipinski definition) is 1. The van der Waals surface area contributed by atoms with Gasteiger partial charge in [-0.2, -0.15) is 0 Å². The SMILES string of the molecule is Brc1ccccc1-c1cccc2c1NCC2. The van der Waals surface area contributed by atoms with Crippen LogP contribution in [0.2, 0.25) is 0 Å². The minimum absolute atomic E-state index is 1.05. The standard InChI is InChI=1S/C14H12BrN/c15-13-7-2-1-5-11(13)12-6-3-4-10-8-9-16-14(10)12/h1-7,16H,8-9H2. The van der Waals surface area contributed by atoms with Gasteiger partial charge >= 0.3 is 0 Å². The summed E-state index contributed by atoms with van der Waals surface area (Å²) in [6.07, 6.45) is 1.13. The summed E-state index contributed by atoms with van der Waals surface area (Å²) in [6, 6.07) is 14.9. The fourth-order valence-corrected chi connectivity index (χ4v) is 2.74. The Hall–Kier alpha value is -1.28. The zero-order chi connectivity index (χ0) is 11.0. The minimum atomic E-state index is 1.05. The molecule has 0 atom stereocenters. The first-order chi connectivity index (χ1) is 7.86. The maximum Gasteiger partial charge on any atom is 0.0453 e. The molecule has 0 unspecified atom stereocenters. The molecule has 0 spiro atoms. The molecule has 0 aliphatic carbocycles. The highest BCUT2D eigenvalue weighted by molar-refractivity contribution is 9.10. The highest BCUT2D eigenvalue weighted by Gasteiger charge is 2.15. The van der Waals surface area contributed by atoms with Gasteiger partial charge < -0.3 is 5.32 Å². The van der Waals surface area contributed by atoms with Gasteiger partial charge in [0.05, 0.1) is 0 Å².